The van der Waals surface area contributed by atoms with Crippen LogP contribution in [0.2, 0.25) is 0 Å². The van der Waals surface area contributed by atoms with Crippen LogP contribution in [0.25, 0.3) is 0 Å². The molecule has 10 heteroatoms. The topological polar surface area (TPSA) is 111 Å². The number of phosphoric acid groups is 1. The maximum absolute atomic E-state index is 12.5. The molecule has 0 heterocycles. The van der Waals surface area contributed by atoms with Crippen molar-refractivity contribution in [1.29, 1.82) is 0 Å². The summed E-state index contributed by atoms with van der Waals surface area (Å²) in [6, 6.07) is 0. The van der Waals surface area contributed by atoms with Crippen molar-refractivity contribution in [2.24, 2.45) is 0 Å². The van der Waals surface area contributed by atoms with Crippen LogP contribution in [0.15, 0.2) is 24.3 Å². The second kappa shape index (κ2) is 34.3. The number of carbonyl (C=O) groups is 2. The first-order valence-electron chi connectivity index (χ1n) is 20.5. The minimum absolute atomic E-state index is 0.0300. The Bertz CT molecular complexity index is 933. The van der Waals surface area contributed by atoms with E-state index in [1.54, 1.807) is 0 Å². The van der Waals surface area contributed by atoms with Crippen molar-refractivity contribution in [3.8, 4) is 0 Å². The Morgan fingerprint density at radius 2 is 1.06 bits per heavy atom. The van der Waals surface area contributed by atoms with Crippen molar-refractivity contribution in [3.63, 3.8) is 0 Å². The molecule has 0 saturated carbocycles. The maximum atomic E-state index is 12.5. The monoisotopic (exact) mass is 744 g/mol. The molecule has 0 aromatic carbocycles. The zero-order valence-corrected chi connectivity index (χ0v) is 34.4. The van der Waals surface area contributed by atoms with Crippen LogP contribution in [0.5, 0.6) is 0 Å². The summed E-state index contributed by atoms with van der Waals surface area (Å²) >= 11 is 0. The van der Waals surface area contributed by atoms with Gasteiger partial charge in [0.2, 0.25) is 0 Å². The van der Waals surface area contributed by atoms with Crippen LogP contribution in [-0.4, -0.2) is 70.0 Å². The predicted octanol–water partition coefficient (Wildman–Crippen LogP) is 10.6. The molecule has 0 fully saturated rings. The smallest absolute Gasteiger partial charge is 0.306 e. The minimum Gasteiger partial charge on any atom is -0.756 e. The molecule has 9 nitrogen and oxygen atoms in total. The molecule has 2 atom stereocenters. The van der Waals surface area contributed by atoms with Crippen molar-refractivity contribution in [2.45, 2.75) is 180 Å². The van der Waals surface area contributed by atoms with Gasteiger partial charge in [-0.05, 0) is 44.9 Å². The molecule has 300 valence electrons. The lowest BCUT2D eigenvalue weighted by molar-refractivity contribution is -0.870. The number of likely N-dealkylation sites (N-methyl/N-ethyl adjacent to an activating group) is 1. The normalized spacial score (nSPS) is 13.9. The van der Waals surface area contributed by atoms with Gasteiger partial charge in [-0.1, -0.05) is 141 Å². The number of esters is 2. The molecule has 0 amide bonds. The molecule has 0 N–H and O–H groups in total. The van der Waals surface area contributed by atoms with E-state index >= 15 is 0 Å². The molecule has 0 saturated heterocycles. The van der Waals surface area contributed by atoms with Gasteiger partial charge in [-0.3, -0.25) is 14.2 Å². The van der Waals surface area contributed by atoms with Gasteiger partial charge in [-0.25, -0.2) is 0 Å². The lowest BCUT2D eigenvalue weighted by atomic mass is 10.1. The molecular weight excluding hydrogens is 665 g/mol. The van der Waals surface area contributed by atoms with Crippen LogP contribution in [-0.2, 0) is 32.7 Å². The van der Waals surface area contributed by atoms with Gasteiger partial charge in [-0.15, -0.1) is 0 Å². The van der Waals surface area contributed by atoms with Gasteiger partial charge < -0.3 is 27.9 Å². The van der Waals surface area contributed by atoms with Crippen molar-refractivity contribution < 1.29 is 42.1 Å². The van der Waals surface area contributed by atoms with E-state index in [9.17, 15) is 19.0 Å². The summed E-state index contributed by atoms with van der Waals surface area (Å²) in [5.74, 6) is -0.841. The van der Waals surface area contributed by atoms with Crippen LogP contribution in [0.4, 0.5) is 0 Å². The molecule has 0 aromatic rings. The average Bonchev–Trinajstić information content (AvgIpc) is 3.07. The van der Waals surface area contributed by atoms with E-state index in [4.69, 9.17) is 18.5 Å². The van der Waals surface area contributed by atoms with E-state index in [0.29, 0.717) is 17.4 Å². The molecule has 0 radical (unpaired) electrons. The zero-order valence-electron chi connectivity index (χ0n) is 33.6. The highest BCUT2D eigenvalue weighted by molar-refractivity contribution is 7.45. The van der Waals surface area contributed by atoms with Gasteiger partial charge in [0.05, 0.1) is 27.7 Å². The third kappa shape index (κ3) is 38.0. The number of nitrogens with zero attached hydrogens (tertiary/aromatic N) is 1. The second-order valence-corrected chi connectivity index (χ2v) is 16.4. The lowest BCUT2D eigenvalue weighted by Gasteiger charge is -2.28. The number of hydrogen-bond acceptors (Lipinski definition) is 8. The van der Waals surface area contributed by atoms with Crippen molar-refractivity contribution in [1.82, 2.24) is 0 Å². The van der Waals surface area contributed by atoms with Crippen LogP contribution >= 0.6 is 7.82 Å². The van der Waals surface area contributed by atoms with E-state index in [1.165, 1.54) is 96.3 Å². The molecule has 0 aliphatic heterocycles. The second-order valence-electron chi connectivity index (χ2n) is 15.0. The van der Waals surface area contributed by atoms with Crippen LogP contribution in [0, 0.1) is 0 Å². The summed E-state index contributed by atoms with van der Waals surface area (Å²) in [7, 11) is 1.16. The van der Waals surface area contributed by atoms with E-state index in [1.807, 2.05) is 21.1 Å². The van der Waals surface area contributed by atoms with E-state index in [2.05, 4.69) is 38.2 Å². The highest BCUT2D eigenvalue weighted by Crippen LogP contribution is 2.38. The Labute approximate surface area is 313 Å². The molecular formula is C41H78NO8P. The molecule has 1 unspecified atom stereocenters. The highest BCUT2D eigenvalue weighted by Gasteiger charge is 2.21. The van der Waals surface area contributed by atoms with Crippen LogP contribution < -0.4 is 4.89 Å². The van der Waals surface area contributed by atoms with Gasteiger partial charge in [-0.2, -0.15) is 0 Å². The summed E-state index contributed by atoms with van der Waals surface area (Å²) in [6.07, 6.45) is 35.0. The highest BCUT2D eigenvalue weighted by atomic mass is 31.2. The quantitative estimate of drug-likeness (QED) is 0.0203. The Kier molecular flexibility index (Phi) is 33.3. The van der Waals surface area contributed by atoms with E-state index in [-0.39, 0.29) is 32.0 Å². The number of phosphoric ester groups is 1. The van der Waals surface area contributed by atoms with Crippen LogP contribution in [0.3, 0.4) is 0 Å². The third-order valence-electron chi connectivity index (χ3n) is 8.72. The van der Waals surface area contributed by atoms with Gasteiger partial charge in [0.15, 0.2) is 6.10 Å². The Hall–Kier alpha value is -1.51. The Morgan fingerprint density at radius 1 is 0.608 bits per heavy atom. The molecule has 0 spiro atoms. The summed E-state index contributed by atoms with van der Waals surface area (Å²) in [5, 5.41) is 0. The van der Waals surface area contributed by atoms with E-state index in [0.717, 1.165) is 44.9 Å². The number of hydrogen-bond donors (Lipinski definition) is 0. The van der Waals surface area contributed by atoms with E-state index < -0.39 is 26.5 Å². The fourth-order valence-electron chi connectivity index (χ4n) is 5.45. The summed E-state index contributed by atoms with van der Waals surface area (Å²) < 4.78 is 33.7. The maximum Gasteiger partial charge on any atom is 0.306 e. The zero-order chi connectivity index (χ0) is 37.9. The van der Waals surface area contributed by atoms with Gasteiger partial charge in [0, 0.05) is 12.8 Å². The summed E-state index contributed by atoms with van der Waals surface area (Å²) in [6.45, 7) is 4.16. The molecule has 0 bridgehead atoms. The lowest BCUT2D eigenvalue weighted by Crippen LogP contribution is -2.37. The number of ether oxygens (including phenoxy) is 2. The standard InChI is InChI=1S/C41H78NO8P/c1-6-8-10-12-14-16-17-18-19-20-21-22-23-24-25-26-28-29-31-33-40(43)47-37-39(38-49-51(45,46)48-36-35-42(3,4)5)50-41(44)34-32-30-27-15-13-11-9-7-2/h14,16,18-19,39H,6-13,15,17,20-38H2,1-5H3/b16-14+,19-18+/t39-/m0/s1. The number of rotatable bonds is 37. The number of unbranched alkanes of at least 4 members (excludes halogenated alkanes) is 19. The minimum atomic E-state index is -4.61. The molecule has 0 aliphatic rings. The fraction of sp³-hybridized carbons (Fsp3) is 0.854. The Morgan fingerprint density at radius 3 is 1.59 bits per heavy atom. The predicted molar refractivity (Wildman–Crippen MR) is 208 cm³/mol. The first-order chi connectivity index (χ1) is 24.5. The molecule has 0 rings (SSSR count). The number of quaternary nitrogens is 1. The summed E-state index contributed by atoms with van der Waals surface area (Å²) in [5.41, 5.74) is 0. The first kappa shape index (κ1) is 49.5. The number of allylic oxidation sites excluding steroid dienone is 4. The average molecular weight is 744 g/mol. The molecule has 51 heavy (non-hydrogen) atoms. The van der Waals surface area contributed by atoms with Gasteiger partial charge >= 0.3 is 11.9 Å². The van der Waals surface area contributed by atoms with Gasteiger partial charge in [0.1, 0.15) is 19.8 Å². The van der Waals surface area contributed by atoms with Crippen molar-refractivity contribution in [2.75, 3.05) is 47.5 Å². The van der Waals surface area contributed by atoms with Crippen molar-refractivity contribution >= 4 is 19.8 Å². The third-order valence-corrected chi connectivity index (χ3v) is 9.69. The van der Waals surface area contributed by atoms with Crippen molar-refractivity contribution in [3.05, 3.63) is 24.3 Å². The van der Waals surface area contributed by atoms with Gasteiger partial charge in [0.25, 0.3) is 7.82 Å². The SMILES string of the molecule is CCCCC/C=C/C/C=C/CCCCCCCCCCCC(=O)OC[C@@H](COP(=O)([O-])OCC[N+](C)(C)C)OC(=O)CCCCCCCCCC. The Balaban J connectivity index is 4.26. The largest absolute Gasteiger partial charge is 0.756 e. The fourth-order valence-corrected chi connectivity index (χ4v) is 6.18. The van der Waals surface area contributed by atoms with Crippen LogP contribution in [0.1, 0.15) is 174 Å². The number of carbonyl (C=O) groups excluding carboxylic acids is 2. The molecule has 0 aromatic heterocycles. The first-order valence-corrected chi connectivity index (χ1v) is 22.0. The summed E-state index contributed by atoms with van der Waals surface area (Å²) in [4.78, 5) is 37.3. The molecule has 0 aliphatic carbocycles.